The molecule has 21 heavy (non-hydrogen) atoms. The predicted molar refractivity (Wildman–Crippen MR) is 78.9 cm³/mol. The molecule has 2 atom stereocenters. The van der Waals surface area contributed by atoms with Crippen LogP contribution in [-0.2, 0) is 4.79 Å². The summed E-state index contributed by atoms with van der Waals surface area (Å²) in [5.41, 5.74) is 5.83. The molecular formula is C15H23FN2O3. The highest BCUT2D eigenvalue weighted by atomic mass is 19.1. The maximum absolute atomic E-state index is 14.1. The van der Waals surface area contributed by atoms with E-state index in [1.807, 2.05) is 6.92 Å². The monoisotopic (exact) mass is 298 g/mol. The maximum Gasteiger partial charge on any atom is 0.220 e. The van der Waals surface area contributed by atoms with Gasteiger partial charge in [0.05, 0.1) is 20.3 Å². The van der Waals surface area contributed by atoms with Crippen molar-refractivity contribution in [3.05, 3.63) is 23.5 Å². The molecule has 1 aromatic rings. The summed E-state index contributed by atoms with van der Waals surface area (Å²) in [6, 6.07) is 2.31. The van der Waals surface area contributed by atoms with Gasteiger partial charge in [0.1, 0.15) is 5.82 Å². The third-order valence-corrected chi connectivity index (χ3v) is 3.28. The van der Waals surface area contributed by atoms with Gasteiger partial charge < -0.3 is 20.5 Å². The van der Waals surface area contributed by atoms with Crippen LogP contribution >= 0.6 is 0 Å². The highest BCUT2D eigenvalue weighted by Crippen LogP contribution is 2.32. The lowest BCUT2D eigenvalue weighted by molar-refractivity contribution is -0.122. The van der Waals surface area contributed by atoms with Gasteiger partial charge in [-0.1, -0.05) is 6.92 Å². The van der Waals surface area contributed by atoms with E-state index in [1.165, 1.54) is 26.4 Å². The first kappa shape index (κ1) is 17.2. The molecule has 118 valence electrons. The first-order valence-electron chi connectivity index (χ1n) is 6.83. The number of carbonyl (C=O) groups excluding carboxylic acids is 1. The molecule has 1 rings (SSSR count). The number of nitrogens with one attached hydrogen (secondary N) is 1. The van der Waals surface area contributed by atoms with Gasteiger partial charge in [0.15, 0.2) is 11.5 Å². The second-order valence-corrected chi connectivity index (χ2v) is 5.06. The Morgan fingerprint density at radius 3 is 2.38 bits per heavy atom. The lowest BCUT2D eigenvalue weighted by atomic mass is 10.0. The van der Waals surface area contributed by atoms with Gasteiger partial charge >= 0.3 is 0 Å². The van der Waals surface area contributed by atoms with E-state index in [1.54, 1.807) is 6.92 Å². The van der Waals surface area contributed by atoms with Gasteiger partial charge in [0.2, 0.25) is 5.91 Å². The second-order valence-electron chi connectivity index (χ2n) is 5.06. The minimum absolute atomic E-state index is 0.0902. The molecule has 0 fully saturated rings. The van der Waals surface area contributed by atoms with Gasteiger partial charge in [-0.2, -0.15) is 0 Å². The highest BCUT2D eigenvalue weighted by molar-refractivity contribution is 5.76. The van der Waals surface area contributed by atoms with Crippen LogP contribution in [0.5, 0.6) is 11.5 Å². The molecular weight excluding hydrogens is 275 g/mol. The van der Waals surface area contributed by atoms with Gasteiger partial charge in [-0.05, 0) is 25.5 Å². The predicted octanol–water partition coefficient (Wildman–Crippen LogP) is 2.00. The van der Waals surface area contributed by atoms with Crippen molar-refractivity contribution < 1.29 is 18.7 Å². The van der Waals surface area contributed by atoms with Crippen LogP contribution in [0.25, 0.3) is 0 Å². The number of methoxy groups -OCH3 is 2. The fourth-order valence-electron chi connectivity index (χ4n) is 1.98. The summed E-state index contributed by atoms with van der Waals surface area (Å²) >= 11 is 0. The molecule has 3 N–H and O–H groups in total. The number of carbonyl (C=O) groups is 1. The Kier molecular flexibility index (Phi) is 6.42. The van der Waals surface area contributed by atoms with E-state index in [0.29, 0.717) is 30.0 Å². The number of amides is 1. The molecule has 0 saturated heterocycles. The number of hydrogen-bond donors (Lipinski definition) is 2. The van der Waals surface area contributed by atoms with Crippen LogP contribution in [0.4, 0.5) is 4.39 Å². The van der Waals surface area contributed by atoms with Crippen molar-refractivity contribution in [2.24, 2.45) is 11.7 Å². The largest absolute Gasteiger partial charge is 0.493 e. The molecule has 0 aromatic heterocycles. The Hall–Kier alpha value is -1.82. The quantitative estimate of drug-likeness (QED) is 0.807. The fourth-order valence-corrected chi connectivity index (χ4v) is 1.98. The van der Waals surface area contributed by atoms with Crippen molar-refractivity contribution >= 4 is 5.91 Å². The standard InChI is InChI=1S/C15H23FN2O3/c1-9(8-17)5-15(19)18-10(2)11-6-13(20-3)14(21-4)7-12(11)16/h6-7,9-10H,5,8,17H2,1-4H3,(H,18,19)/t9-,10+/m0/s1. The van der Waals surface area contributed by atoms with Crippen molar-refractivity contribution in [1.82, 2.24) is 5.32 Å². The zero-order valence-corrected chi connectivity index (χ0v) is 12.9. The topological polar surface area (TPSA) is 73.6 Å². The highest BCUT2D eigenvalue weighted by Gasteiger charge is 2.18. The summed E-state index contributed by atoms with van der Waals surface area (Å²) in [6.07, 6.45) is 0.315. The van der Waals surface area contributed by atoms with Crippen molar-refractivity contribution in [1.29, 1.82) is 0 Å². The molecule has 6 heteroatoms. The summed E-state index contributed by atoms with van der Waals surface area (Å²) in [5.74, 6) is 0.216. The normalized spacial score (nSPS) is 13.4. The summed E-state index contributed by atoms with van der Waals surface area (Å²) in [7, 11) is 2.92. The Balaban J connectivity index is 2.87. The van der Waals surface area contributed by atoms with Crippen molar-refractivity contribution in [2.45, 2.75) is 26.3 Å². The van der Waals surface area contributed by atoms with Crippen LogP contribution in [0.3, 0.4) is 0 Å². The summed E-state index contributed by atoms with van der Waals surface area (Å²) in [6.45, 7) is 4.04. The first-order chi connectivity index (χ1) is 9.92. The molecule has 1 aromatic carbocycles. The minimum Gasteiger partial charge on any atom is -0.493 e. The number of ether oxygens (including phenoxy) is 2. The molecule has 0 aliphatic heterocycles. The number of rotatable bonds is 7. The summed E-state index contributed by atoms with van der Waals surface area (Å²) in [5, 5.41) is 2.76. The van der Waals surface area contributed by atoms with Crippen LogP contribution in [0.1, 0.15) is 31.9 Å². The molecule has 0 radical (unpaired) electrons. The Labute approximate surface area is 124 Å². The molecule has 5 nitrogen and oxygen atoms in total. The van der Waals surface area contributed by atoms with Gasteiger partial charge in [0.25, 0.3) is 0 Å². The molecule has 0 heterocycles. The van der Waals surface area contributed by atoms with Gasteiger partial charge in [-0.25, -0.2) is 4.39 Å². The fraction of sp³-hybridized carbons (Fsp3) is 0.533. The SMILES string of the molecule is COc1cc(F)c([C@@H](C)NC(=O)C[C@H](C)CN)cc1OC. The van der Waals surface area contributed by atoms with Crippen LogP contribution in [0, 0.1) is 11.7 Å². The summed E-state index contributed by atoms with van der Waals surface area (Å²) < 4.78 is 24.3. The van der Waals surface area contributed by atoms with Crippen LogP contribution in [-0.4, -0.2) is 26.7 Å². The molecule has 0 aliphatic carbocycles. The second kappa shape index (κ2) is 7.83. The average Bonchev–Trinajstić information content (AvgIpc) is 2.46. The van der Waals surface area contributed by atoms with E-state index < -0.39 is 11.9 Å². The van der Waals surface area contributed by atoms with E-state index in [0.717, 1.165) is 0 Å². The number of hydrogen-bond acceptors (Lipinski definition) is 4. The molecule has 0 spiro atoms. The van der Waals surface area contributed by atoms with Crippen LogP contribution < -0.4 is 20.5 Å². The number of benzene rings is 1. The van der Waals surface area contributed by atoms with E-state index in [9.17, 15) is 9.18 Å². The average molecular weight is 298 g/mol. The lowest BCUT2D eigenvalue weighted by Gasteiger charge is -2.18. The van der Waals surface area contributed by atoms with Crippen LogP contribution in [0.2, 0.25) is 0 Å². The zero-order valence-electron chi connectivity index (χ0n) is 12.9. The van der Waals surface area contributed by atoms with Crippen molar-refractivity contribution in [3.63, 3.8) is 0 Å². The Morgan fingerprint density at radius 2 is 1.86 bits per heavy atom. The van der Waals surface area contributed by atoms with Crippen LogP contribution in [0.15, 0.2) is 12.1 Å². The van der Waals surface area contributed by atoms with E-state index in [-0.39, 0.29) is 11.8 Å². The third-order valence-electron chi connectivity index (χ3n) is 3.28. The molecule has 0 aliphatic rings. The minimum atomic E-state index is -0.470. The Bertz CT molecular complexity index is 494. The van der Waals surface area contributed by atoms with Gasteiger partial charge in [-0.15, -0.1) is 0 Å². The lowest BCUT2D eigenvalue weighted by Crippen LogP contribution is -2.30. The number of nitrogens with two attached hydrogens (primary N) is 1. The van der Waals surface area contributed by atoms with E-state index in [2.05, 4.69) is 5.32 Å². The number of halogens is 1. The van der Waals surface area contributed by atoms with Gasteiger partial charge in [-0.3, -0.25) is 4.79 Å². The zero-order chi connectivity index (χ0) is 16.0. The van der Waals surface area contributed by atoms with Gasteiger partial charge in [0, 0.05) is 18.1 Å². The first-order valence-corrected chi connectivity index (χ1v) is 6.83. The van der Waals surface area contributed by atoms with Crippen molar-refractivity contribution in [2.75, 3.05) is 20.8 Å². The molecule has 0 unspecified atom stereocenters. The maximum atomic E-state index is 14.1. The third kappa shape index (κ3) is 4.60. The Morgan fingerprint density at radius 1 is 1.29 bits per heavy atom. The molecule has 0 bridgehead atoms. The van der Waals surface area contributed by atoms with E-state index in [4.69, 9.17) is 15.2 Å². The van der Waals surface area contributed by atoms with Crippen molar-refractivity contribution in [3.8, 4) is 11.5 Å². The molecule has 0 saturated carbocycles. The smallest absolute Gasteiger partial charge is 0.220 e. The summed E-state index contributed by atoms with van der Waals surface area (Å²) in [4.78, 5) is 11.8. The molecule has 1 amide bonds. The van der Waals surface area contributed by atoms with E-state index >= 15 is 0 Å².